The number of amides is 1. The first kappa shape index (κ1) is 17.5. The maximum absolute atomic E-state index is 11.7. The number of carboxylic acids is 1. The van der Waals surface area contributed by atoms with Crippen molar-refractivity contribution in [3.8, 4) is 0 Å². The maximum Gasteiger partial charge on any atom is 0.308 e. The molecule has 0 spiro atoms. The molecule has 0 saturated carbocycles. The molecule has 0 fully saturated rings. The third kappa shape index (κ3) is 6.65. The van der Waals surface area contributed by atoms with Gasteiger partial charge in [-0.3, -0.25) is 9.59 Å². The summed E-state index contributed by atoms with van der Waals surface area (Å²) in [4.78, 5) is 22.6. The second kappa shape index (κ2) is 8.70. The van der Waals surface area contributed by atoms with Gasteiger partial charge in [0.2, 0.25) is 5.91 Å². The molecule has 0 heterocycles. The number of hydrogen-bond donors (Lipinski definition) is 2. The lowest BCUT2D eigenvalue weighted by atomic mass is 10.0. The van der Waals surface area contributed by atoms with Gasteiger partial charge in [0.05, 0.1) is 5.92 Å². The first-order valence-electron chi connectivity index (χ1n) is 6.57. The Morgan fingerprint density at radius 1 is 1.29 bits per heavy atom. The zero-order valence-electron chi connectivity index (χ0n) is 11.6. The summed E-state index contributed by atoms with van der Waals surface area (Å²) in [5.74, 6) is -1.82. The molecule has 0 aliphatic carbocycles. The molecule has 2 N–H and O–H groups in total. The van der Waals surface area contributed by atoms with Crippen molar-refractivity contribution in [3.63, 3.8) is 0 Å². The van der Waals surface area contributed by atoms with Crippen LogP contribution >= 0.6 is 23.2 Å². The Bertz CT molecular complexity index is 523. The van der Waals surface area contributed by atoms with Crippen molar-refractivity contribution in [2.45, 2.75) is 19.8 Å². The van der Waals surface area contributed by atoms with Crippen LogP contribution in [-0.2, 0) is 9.59 Å². The SMILES string of the molecule is CCCC(CNC(=O)C=Cc1cc(Cl)cc(Cl)c1)C(=O)O. The van der Waals surface area contributed by atoms with Crippen LogP contribution in [0.2, 0.25) is 10.0 Å². The van der Waals surface area contributed by atoms with Crippen molar-refractivity contribution in [1.82, 2.24) is 5.32 Å². The second-order valence-corrected chi connectivity index (χ2v) is 5.48. The minimum Gasteiger partial charge on any atom is -0.481 e. The number of carbonyl (C=O) groups is 2. The molecule has 1 unspecified atom stereocenters. The molecule has 4 nitrogen and oxygen atoms in total. The number of carbonyl (C=O) groups excluding carboxylic acids is 1. The minimum absolute atomic E-state index is 0.114. The Balaban J connectivity index is 2.56. The van der Waals surface area contributed by atoms with Crippen molar-refractivity contribution in [2.75, 3.05) is 6.54 Å². The molecule has 0 saturated heterocycles. The Labute approximate surface area is 133 Å². The van der Waals surface area contributed by atoms with E-state index in [0.29, 0.717) is 22.0 Å². The molecule has 114 valence electrons. The van der Waals surface area contributed by atoms with Gasteiger partial charge in [0.1, 0.15) is 0 Å². The predicted molar refractivity (Wildman–Crippen MR) is 84.5 cm³/mol. The number of hydrogen-bond acceptors (Lipinski definition) is 2. The largest absolute Gasteiger partial charge is 0.481 e. The van der Waals surface area contributed by atoms with Crippen molar-refractivity contribution < 1.29 is 14.7 Å². The second-order valence-electron chi connectivity index (χ2n) is 4.61. The van der Waals surface area contributed by atoms with Gasteiger partial charge in [-0.25, -0.2) is 0 Å². The van der Waals surface area contributed by atoms with E-state index in [0.717, 1.165) is 6.42 Å². The molecule has 0 bridgehead atoms. The van der Waals surface area contributed by atoms with Gasteiger partial charge in [0.25, 0.3) is 0 Å². The van der Waals surface area contributed by atoms with Gasteiger partial charge in [0, 0.05) is 22.7 Å². The summed E-state index contributed by atoms with van der Waals surface area (Å²) in [5, 5.41) is 12.5. The van der Waals surface area contributed by atoms with E-state index in [4.69, 9.17) is 28.3 Å². The van der Waals surface area contributed by atoms with Crippen molar-refractivity contribution >= 4 is 41.2 Å². The molecule has 1 aromatic rings. The first-order chi connectivity index (χ1) is 9.92. The summed E-state index contributed by atoms with van der Waals surface area (Å²) in [6.45, 7) is 2.02. The number of rotatable bonds is 7. The van der Waals surface area contributed by atoms with Crippen molar-refractivity contribution in [2.24, 2.45) is 5.92 Å². The van der Waals surface area contributed by atoms with Crippen LogP contribution in [0, 0.1) is 5.92 Å². The number of aliphatic carboxylic acids is 1. The fraction of sp³-hybridized carbons (Fsp3) is 0.333. The Morgan fingerprint density at radius 3 is 2.43 bits per heavy atom. The van der Waals surface area contributed by atoms with Gasteiger partial charge in [-0.1, -0.05) is 36.5 Å². The zero-order chi connectivity index (χ0) is 15.8. The fourth-order valence-electron chi connectivity index (χ4n) is 1.79. The zero-order valence-corrected chi connectivity index (χ0v) is 13.1. The Hall–Kier alpha value is -1.52. The third-order valence-electron chi connectivity index (χ3n) is 2.82. The summed E-state index contributed by atoms with van der Waals surface area (Å²) in [7, 11) is 0. The molecular formula is C15H17Cl2NO3. The Kier molecular flexibility index (Phi) is 7.26. The highest BCUT2D eigenvalue weighted by Crippen LogP contribution is 2.19. The van der Waals surface area contributed by atoms with Crippen LogP contribution in [0.3, 0.4) is 0 Å². The minimum atomic E-state index is -0.900. The van der Waals surface area contributed by atoms with E-state index < -0.39 is 11.9 Å². The third-order valence-corrected chi connectivity index (χ3v) is 3.26. The quantitative estimate of drug-likeness (QED) is 0.751. The average molecular weight is 330 g/mol. The lowest BCUT2D eigenvalue weighted by Crippen LogP contribution is -2.31. The fourth-order valence-corrected chi connectivity index (χ4v) is 2.33. The smallest absolute Gasteiger partial charge is 0.308 e. The van der Waals surface area contributed by atoms with E-state index in [9.17, 15) is 9.59 Å². The number of benzene rings is 1. The standard InChI is InChI=1S/C15H17Cl2NO3/c1-2-3-11(15(20)21)9-18-14(19)5-4-10-6-12(16)8-13(17)7-10/h4-8,11H,2-3,9H2,1H3,(H,18,19)(H,20,21). The highest BCUT2D eigenvalue weighted by molar-refractivity contribution is 6.34. The highest BCUT2D eigenvalue weighted by atomic mass is 35.5. The topological polar surface area (TPSA) is 66.4 Å². The van der Waals surface area contributed by atoms with Crippen LogP contribution in [-0.4, -0.2) is 23.5 Å². The van der Waals surface area contributed by atoms with E-state index in [2.05, 4.69) is 5.32 Å². The van der Waals surface area contributed by atoms with Crippen LogP contribution in [0.4, 0.5) is 0 Å². The summed E-state index contributed by atoms with van der Waals surface area (Å²) in [5.41, 5.74) is 0.700. The summed E-state index contributed by atoms with van der Waals surface area (Å²) in [6.07, 6.45) is 4.18. The van der Waals surface area contributed by atoms with Crippen LogP contribution in [0.25, 0.3) is 6.08 Å². The van der Waals surface area contributed by atoms with E-state index in [1.54, 1.807) is 24.3 Å². The van der Waals surface area contributed by atoms with Gasteiger partial charge < -0.3 is 10.4 Å². The van der Waals surface area contributed by atoms with Crippen molar-refractivity contribution in [1.29, 1.82) is 0 Å². The van der Waals surface area contributed by atoms with Crippen LogP contribution in [0.15, 0.2) is 24.3 Å². The molecule has 21 heavy (non-hydrogen) atoms. The van der Waals surface area contributed by atoms with Gasteiger partial charge in [0.15, 0.2) is 0 Å². The molecule has 1 amide bonds. The van der Waals surface area contributed by atoms with Gasteiger partial charge in [-0.05, 0) is 36.3 Å². The highest BCUT2D eigenvalue weighted by Gasteiger charge is 2.16. The lowest BCUT2D eigenvalue weighted by molar-refractivity contribution is -0.141. The molecule has 1 atom stereocenters. The number of nitrogens with one attached hydrogen (secondary N) is 1. The van der Waals surface area contributed by atoms with E-state index in [-0.39, 0.29) is 12.5 Å². The Morgan fingerprint density at radius 2 is 1.90 bits per heavy atom. The lowest BCUT2D eigenvalue weighted by Gasteiger charge is -2.10. The number of carboxylic acid groups (broad SMARTS) is 1. The molecule has 0 radical (unpaired) electrons. The molecular weight excluding hydrogens is 313 g/mol. The molecule has 1 rings (SSSR count). The predicted octanol–water partition coefficient (Wildman–Crippen LogP) is 3.62. The maximum atomic E-state index is 11.7. The van der Waals surface area contributed by atoms with Crippen LogP contribution in [0.1, 0.15) is 25.3 Å². The molecule has 0 aliphatic rings. The van der Waals surface area contributed by atoms with Gasteiger partial charge >= 0.3 is 5.97 Å². The van der Waals surface area contributed by atoms with Crippen LogP contribution in [0.5, 0.6) is 0 Å². The normalized spacial score (nSPS) is 12.3. The van der Waals surface area contributed by atoms with Gasteiger partial charge in [-0.15, -0.1) is 0 Å². The molecule has 0 aromatic heterocycles. The van der Waals surface area contributed by atoms with Gasteiger partial charge in [-0.2, -0.15) is 0 Å². The van der Waals surface area contributed by atoms with Crippen molar-refractivity contribution in [3.05, 3.63) is 39.9 Å². The summed E-state index contributed by atoms with van der Waals surface area (Å²) < 4.78 is 0. The summed E-state index contributed by atoms with van der Waals surface area (Å²) in [6, 6.07) is 4.95. The monoisotopic (exact) mass is 329 g/mol. The molecule has 0 aliphatic heterocycles. The van der Waals surface area contributed by atoms with Crippen LogP contribution < -0.4 is 5.32 Å². The summed E-state index contributed by atoms with van der Waals surface area (Å²) >= 11 is 11.7. The number of halogens is 2. The van der Waals surface area contributed by atoms with E-state index in [1.807, 2.05) is 6.92 Å². The molecule has 6 heteroatoms. The first-order valence-corrected chi connectivity index (χ1v) is 7.32. The molecule has 1 aromatic carbocycles. The van der Waals surface area contributed by atoms with E-state index >= 15 is 0 Å². The average Bonchev–Trinajstić information content (AvgIpc) is 2.39. The van der Waals surface area contributed by atoms with E-state index in [1.165, 1.54) is 6.08 Å².